The molecule has 228 valence electrons. The molecule has 1 atom stereocenters. The highest BCUT2D eigenvalue weighted by Gasteiger charge is 2.25. The number of hydrogen-bond donors (Lipinski definition) is 1. The van der Waals surface area contributed by atoms with Gasteiger partial charge in [0.05, 0.1) is 11.9 Å². The monoisotopic (exact) mass is 583 g/mol. The Balaban J connectivity index is 1.02. The van der Waals surface area contributed by atoms with Gasteiger partial charge < -0.3 is 19.9 Å². The van der Waals surface area contributed by atoms with E-state index in [9.17, 15) is 9.59 Å². The maximum Gasteiger partial charge on any atom is 0.416 e. The van der Waals surface area contributed by atoms with Crippen LogP contribution in [-0.4, -0.2) is 71.0 Å². The fourth-order valence-corrected chi connectivity index (χ4v) is 6.04. The van der Waals surface area contributed by atoms with Crippen LogP contribution in [0.5, 0.6) is 5.88 Å². The molecule has 2 aromatic carbocycles. The summed E-state index contributed by atoms with van der Waals surface area (Å²) in [5.41, 5.74) is 3.69. The highest BCUT2D eigenvalue weighted by atomic mass is 16.6. The number of ether oxygens (including phenoxy) is 1. The van der Waals surface area contributed by atoms with Crippen molar-refractivity contribution in [1.29, 1.82) is 0 Å². The number of aromatic nitrogens is 1. The summed E-state index contributed by atoms with van der Waals surface area (Å²) in [6.07, 6.45) is 8.04. The summed E-state index contributed by atoms with van der Waals surface area (Å²) in [6.45, 7) is 7.71. The number of pyridine rings is 1. The Hall–Kier alpha value is -3.75. The Morgan fingerprint density at radius 1 is 0.930 bits per heavy atom. The first kappa shape index (κ1) is 30.7. The first-order valence-electron chi connectivity index (χ1n) is 15.7. The fraction of sp³-hybridized carbons (Fsp3) is 0.457. The van der Waals surface area contributed by atoms with Gasteiger partial charge in [0.2, 0.25) is 5.88 Å². The molecular formula is C35H45N5O3. The van der Waals surface area contributed by atoms with Gasteiger partial charge in [0.15, 0.2) is 0 Å². The van der Waals surface area contributed by atoms with E-state index in [-0.39, 0.29) is 17.9 Å². The summed E-state index contributed by atoms with van der Waals surface area (Å²) in [4.78, 5) is 36.4. The minimum atomic E-state index is -0.372. The van der Waals surface area contributed by atoms with Crippen LogP contribution in [0.25, 0.3) is 0 Å². The molecule has 0 spiro atoms. The normalized spacial score (nSPS) is 18.0. The zero-order chi connectivity index (χ0) is 30.0. The first-order chi connectivity index (χ1) is 20.9. The molecule has 8 heteroatoms. The lowest BCUT2D eigenvalue weighted by Gasteiger charge is -2.33. The lowest BCUT2D eigenvalue weighted by molar-refractivity contribution is 0.102. The number of rotatable bonds is 10. The van der Waals surface area contributed by atoms with Gasteiger partial charge in [-0.25, -0.2) is 9.78 Å². The molecule has 2 saturated heterocycles. The van der Waals surface area contributed by atoms with Crippen molar-refractivity contribution < 1.29 is 14.3 Å². The van der Waals surface area contributed by atoms with Crippen LogP contribution in [0.3, 0.4) is 0 Å². The van der Waals surface area contributed by atoms with Crippen molar-refractivity contribution in [2.24, 2.45) is 5.92 Å². The van der Waals surface area contributed by atoms with Crippen LogP contribution in [-0.2, 0) is 13.1 Å². The number of hydrogen-bond acceptors (Lipinski definition) is 6. The van der Waals surface area contributed by atoms with Gasteiger partial charge in [0.1, 0.15) is 0 Å². The molecule has 43 heavy (non-hydrogen) atoms. The standard InChI is InChI=1S/C35H45N5O3/c1-27-8-6-7-20-40(27)26-30-11-13-31(14-12-30)34(41)37-32-15-16-33(36-24-32)43-35(42)39-22-18-28(19-23-39)17-21-38(2)25-29-9-4-3-5-10-29/h3-5,9-16,24,27-28H,6-8,17-23,25-26H2,1-2H3,(H,37,41). The van der Waals surface area contributed by atoms with E-state index >= 15 is 0 Å². The van der Waals surface area contributed by atoms with Gasteiger partial charge in [-0.15, -0.1) is 0 Å². The third kappa shape index (κ3) is 9.12. The number of amides is 2. The SMILES string of the molecule is CC1CCCCN1Cc1ccc(C(=O)Nc2ccc(OC(=O)N3CCC(CCN(C)Cc4ccccc4)CC3)nc2)cc1. The molecular weight excluding hydrogens is 538 g/mol. The molecule has 0 saturated carbocycles. The third-order valence-electron chi connectivity index (χ3n) is 8.82. The molecule has 2 amide bonds. The summed E-state index contributed by atoms with van der Waals surface area (Å²) >= 11 is 0. The zero-order valence-electron chi connectivity index (χ0n) is 25.6. The molecule has 5 rings (SSSR count). The average Bonchev–Trinajstić information content (AvgIpc) is 3.03. The summed E-state index contributed by atoms with van der Waals surface area (Å²) in [5, 5.41) is 2.88. The second kappa shape index (κ2) is 15.1. The molecule has 1 unspecified atom stereocenters. The van der Waals surface area contributed by atoms with Crippen molar-refractivity contribution in [2.75, 3.05) is 38.5 Å². The van der Waals surface area contributed by atoms with E-state index in [0.717, 1.165) is 45.4 Å². The molecule has 2 aliphatic heterocycles. The van der Waals surface area contributed by atoms with Crippen molar-refractivity contribution in [3.63, 3.8) is 0 Å². The molecule has 8 nitrogen and oxygen atoms in total. The Bertz CT molecular complexity index is 1310. The lowest BCUT2D eigenvalue weighted by atomic mass is 9.93. The van der Waals surface area contributed by atoms with Gasteiger partial charge in [-0.05, 0) is 94.4 Å². The highest BCUT2D eigenvalue weighted by molar-refractivity contribution is 6.04. The minimum Gasteiger partial charge on any atom is -0.391 e. The number of carbonyl (C=O) groups excluding carboxylic acids is 2. The molecule has 2 aliphatic rings. The summed E-state index contributed by atoms with van der Waals surface area (Å²) in [6, 6.07) is 22.3. The number of benzene rings is 2. The number of anilines is 1. The number of likely N-dealkylation sites (tertiary alicyclic amines) is 2. The Labute approximate surface area is 256 Å². The van der Waals surface area contributed by atoms with Crippen LogP contribution in [0.15, 0.2) is 72.9 Å². The van der Waals surface area contributed by atoms with E-state index in [1.165, 1.54) is 36.6 Å². The smallest absolute Gasteiger partial charge is 0.391 e. The van der Waals surface area contributed by atoms with Gasteiger partial charge in [0, 0.05) is 43.9 Å². The minimum absolute atomic E-state index is 0.196. The summed E-state index contributed by atoms with van der Waals surface area (Å²) < 4.78 is 5.53. The number of nitrogens with one attached hydrogen (secondary N) is 1. The number of carbonyl (C=O) groups is 2. The maximum atomic E-state index is 12.8. The predicted octanol–water partition coefficient (Wildman–Crippen LogP) is 6.44. The predicted molar refractivity (Wildman–Crippen MR) is 170 cm³/mol. The Morgan fingerprint density at radius 2 is 1.70 bits per heavy atom. The van der Waals surface area contributed by atoms with E-state index in [1.807, 2.05) is 30.3 Å². The van der Waals surface area contributed by atoms with Gasteiger partial charge in [0.25, 0.3) is 5.91 Å². The molecule has 2 fully saturated rings. The number of nitrogens with zero attached hydrogens (tertiary/aromatic N) is 4. The van der Waals surface area contributed by atoms with E-state index in [4.69, 9.17) is 4.74 Å². The van der Waals surface area contributed by atoms with Crippen molar-refractivity contribution in [2.45, 2.75) is 64.6 Å². The largest absolute Gasteiger partial charge is 0.416 e. The summed E-state index contributed by atoms with van der Waals surface area (Å²) in [7, 11) is 2.16. The van der Waals surface area contributed by atoms with Crippen molar-refractivity contribution in [3.05, 3.63) is 89.6 Å². The van der Waals surface area contributed by atoms with Gasteiger partial charge in [-0.1, -0.05) is 48.9 Å². The average molecular weight is 584 g/mol. The lowest BCUT2D eigenvalue weighted by Crippen LogP contribution is -2.40. The third-order valence-corrected chi connectivity index (χ3v) is 8.82. The van der Waals surface area contributed by atoms with Crippen LogP contribution >= 0.6 is 0 Å². The zero-order valence-corrected chi connectivity index (χ0v) is 25.6. The van der Waals surface area contributed by atoms with Gasteiger partial charge >= 0.3 is 6.09 Å². The van der Waals surface area contributed by atoms with Crippen molar-refractivity contribution in [3.8, 4) is 5.88 Å². The van der Waals surface area contributed by atoms with Gasteiger partial charge in [-0.3, -0.25) is 9.69 Å². The van der Waals surface area contributed by atoms with Crippen LogP contribution in [0, 0.1) is 5.92 Å². The second-order valence-electron chi connectivity index (χ2n) is 12.2. The van der Waals surface area contributed by atoms with Crippen LogP contribution in [0.2, 0.25) is 0 Å². The second-order valence-corrected chi connectivity index (χ2v) is 12.2. The van der Waals surface area contributed by atoms with Crippen molar-refractivity contribution >= 4 is 17.7 Å². The highest BCUT2D eigenvalue weighted by Crippen LogP contribution is 2.23. The molecule has 0 radical (unpaired) electrons. The van der Waals surface area contributed by atoms with Crippen LogP contribution in [0.1, 0.15) is 66.9 Å². The van der Waals surface area contributed by atoms with Crippen LogP contribution in [0.4, 0.5) is 10.5 Å². The van der Waals surface area contributed by atoms with E-state index in [0.29, 0.717) is 36.3 Å². The van der Waals surface area contributed by atoms with Crippen molar-refractivity contribution in [1.82, 2.24) is 19.7 Å². The topological polar surface area (TPSA) is 78.0 Å². The summed E-state index contributed by atoms with van der Waals surface area (Å²) in [5.74, 6) is 0.639. The van der Waals surface area contributed by atoms with Crippen LogP contribution < -0.4 is 10.1 Å². The number of piperidine rings is 2. The van der Waals surface area contributed by atoms with E-state index in [1.54, 1.807) is 17.0 Å². The van der Waals surface area contributed by atoms with E-state index < -0.39 is 0 Å². The molecule has 1 aromatic heterocycles. The Kier molecular flexibility index (Phi) is 10.8. The molecule has 1 N–H and O–H groups in total. The molecule has 0 aliphatic carbocycles. The first-order valence-corrected chi connectivity index (χ1v) is 15.7. The molecule has 3 aromatic rings. The Morgan fingerprint density at radius 3 is 2.40 bits per heavy atom. The maximum absolute atomic E-state index is 12.8. The van der Waals surface area contributed by atoms with E-state index in [2.05, 4.69) is 58.3 Å². The fourth-order valence-electron chi connectivity index (χ4n) is 6.04. The van der Waals surface area contributed by atoms with Gasteiger partial charge in [-0.2, -0.15) is 0 Å². The molecule has 0 bridgehead atoms. The molecule has 3 heterocycles. The quantitative estimate of drug-likeness (QED) is 0.296.